The van der Waals surface area contributed by atoms with Crippen LogP contribution in [0.1, 0.15) is 29.6 Å². The van der Waals surface area contributed by atoms with Gasteiger partial charge in [0, 0.05) is 29.1 Å². The Morgan fingerprint density at radius 1 is 1.53 bits per heavy atom. The van der Waals surface area contributed by atoms with Crippen molar-refractivity contribution >= 4 is 33.4 Å². The van der Waals surface area contributed by atoms with E-state index in [-0.39, 0.29) is 5.91 Å². The van der Waals surface area contributed by atoms with Gasteiger partial charge in [-0.1, -0.05) is 18.0 Å². The number of amides is 1. The molecule has 0 spiro atoms. The van der Waals surface area contributed by atoms with Crippen LogP contribution in [-0.2, 0) is 0 Å². The van der Waals surface area contributed by atoms with Crippen LogP contribution in [0.25, 0.3) is 0 Å². The number of halogens is 2. The van der Waals surface area contributed by atoms with Crippen molar-refractivity contribution in [3.05, 3.63) is 33.3 Å². The highest BCUT2D eigenvalue weighted by molar-refractivity contribution is 9.10. The van der Waals surface area contributed by atoms with Gasteiger partial charge in [-0.3, -0.25) is 4.79 Å². The maximum absolute atomic E-state index is 12.4. The first kappa shape index (κ1) is 14.8. The molecule has 1 unspecified atom stereocenters. The van der Waals surface area contributed by atoms with Gasteiger partial charge >= 0.3 is 0 Å². The largest absolute Gasteiger partial charge is 0.340 e. The fraction of sp³-hybridized carbons (Fsp3) is 0.500. The average molecular weight is 346 g/mol. The zero-order valence-electron chi connectivity index (χ0n) is 11.0. The van der Waals surface area contributed by atoms with Crippen LogP contribution in [0.3, 0.4) is 0 Å². The Hall–Kier alpha value is -0.580. The molecule has 2 rings (SSSR count). The number of hydrogen-bond donors (Lipinski definition) is 1. The minimum absolute atomic E-state index is 0.00162. The molecule has 1 atom stereocenters. The molecule has 1 fully saturated rings. The first-order chi connectivity index (χ1) is 9.08. The Bertz CT molecular complexity index is 461. The van der Waals surface area contributed by atoms with Crippen molar-refractivity contribution in [1.82, 2.24) is 10.2 Å². The number of nitrogens with zero attached hydrogens (tertiary/aromatic N) is 1. The lowest BCUT2D eigenvalue weighted by Gasteiger charge is -2.28. The quantitative estimate of drug-likeness (QED) is 0.911. The van der Waals surface area contributed by atoms with E-state index in [4.69, 9.17) is 11.6 Å². The Kier molecular flexibility index (Phi) is 5.25. The molecule has 5 heteroatoms. The van der Waals surface area contributed by atoms with E-state index in [1.54, 1.807) is 17.0 Å². The maximum Gasteiger partial charge on any atom is 0.254 e. The van der Waals surface area contributed by atoms with Gasteiger partial charge in [0.15, 0.2) is 0 Å². The minimum Gasteiger partial charge on any atom is -0.340 e. The molecule has 0 aliphatic carbocycles. The summed E-state index contributed by atoms with van der Waals surface area (Å²) >= 11 is 9.36. The van der Waals surface area contributed by atoms with Crippen LogP contribution in [-0.4, -0.2) is 37.0 Å². The molecule has 104 valence electrons. The summed E-state index contributed by atoms with van der Waals surface area (Å²) in [5.41, 5.74) is 0.616. The third-order valence-corrected chi connectivity index (χ3v) is 4.34. The van der Waals surface area contributed by atoms with Crippen molar-refractivity contribution in [3.8, 4) is 0 Å². The van der Waals surface area contributed by atoms with E-state index in [2.05, 4.69) is 21.2 Å². The van der Waals surface area contributed by atoms with Crippen molar-refractivity contribution in [3.63, 3.8) is 0 Å². The Balaban J connectivity index is 2.03. The highest BCUT2D eigenvalue weighted by Crippen LogP contribution is 2.22. The number of carbonyl (C=O) groups excluding carboxylic acids is 1. The fourth-order valence-electron chi connectivity index (χ4n) is 2.36. The molecule has 19 heavy (non-hydrogen) atoms. The monoisotopic (exact) mass is 344 g/mol. The Labute approximate surface area is 127 Å². The molecule has 1 aromatic carbocycles. The van der Waals surface area contributed by atoms with Crippen molar-refractivity contribution in [1.29, 1.82) is 0 Å². The van der Waals surface area contributed by atoms with Gasteiger partial charge in [0.05, 0.1) is 5.56 Å². The molecule has 0 radical (unpaired) electrons. The molecule has 1 aliphatic rings. The van der Waals surface area contributed by atoms with E-state index in [9.17, 15) is 4.79 Å². The minimum atomic E-state index is 0.00162. The first-order valence-corrected chi connectivity index (χ1v) is 7.69. The summed E-state index contributed by atoms with van der Waals surface area (Å²) in [5, 5.41) is 4.03. The summed E-state index contributed by atoms with van der Waals surface area (Å²) in [6.45, 7) is 1.78. The van der Waals surface area contributed by atoms with Crippen molar-refractivity contribution in [2.75, 3.05) is 20.1 Å². The molecule has 1 N–H and O–H groups in total. The number of likely N-dealkylation sites (N-methyl/N-ethyl adjacent to an activating group) is 1. The third-order valence-electron chi connectivity index (χ3n) is 3.41. The predicted molar refractivity (Wildman–Crippen MR) is 81.8 cm³/mol. The van der Waals surface area contributed by atoms with Crippen molar-refractivity contribution < 1.29 is 4.79 Å². The van der Waals surface area contributed by atoms with E-state index < -0.39 is 0 Å². The van der Waals surface area contributed by atoms with Crippen LogP contribution in [0.5, 0.6) is 0 Å². The van der Waals surface area contributed by atoms with Crippen molar-refractivity contribution in [2.24, 2.45) is 0 Å². The van der Waals surface area contributed by atoms with Crippen LogP contribution in [0.15, 0.2) is 22.7 Å². The molecular weight excluding hydrogens is 328 g/mol. The highest BCUT2D eigenvalue weighted by Gasteiger charge is 2.20. The van der Waals surface area contributed by atoms with E-state index in [0.717, 1.165) is 24.0 Å². The SMILES string of the molecule is CN(CC1CCCCN1)C(=O)c1cc(Cl)ccc1Br. The van der Waals surface area contributed by atoms with Gasteiger partial charge in [-0.2, -0.15) is 0 Å². The number of benzene rings is 1. The normalized spacial score (nSPS) is 19.2. The molecular formula is C14H18BrClN2O. The molecule has 1 aromatic rings. The maximum atomic E-state index is 12.4. The molecule has 1 aliphatic heterocycles. The predicted octanol–water partition coefficient (Wildman–Crippen LogP) is 3.32. The highest BCUT2D eigenvalue weighted by atomic mass is 79.9. The van der Waals surface area contributed by atoms with Crippen LogP contribution >= 0.6 is 27.5 Å². The van der Waals surface area contributed by atoms with Crippen LogP contribution in [0.2, 0.25) is 5.02 Å². The molecule has 1 amide bonds. The smallest absolute Gasteiger partial charge is 0.254 e. The standard InChI is InChI=1S/C14H18BrClN2O/c1-18(9-11-4-2-3-7-17-11)14(19)12-8-10(16)5-6-13(12)15/h5-6,8,11,17H,2-4,7,9H2,1H3. The van der Waals surface area contributed by atoms with Crippen LogP contribution < -0.4 is 5.32 Å². The van der Waals surface area contributed by atoms with E-state index in [0.29, 0.717) is 16.6 Å². The molecule has 1 heterocycles. The van der Waals surface area contributed by atoms with E-state index in [1.807, 2.05) is 13.1 Å². The zero-order chi connectivity index (χ0) is 13.8. The van der Waals surface area contributed by atoms with Gasteiger partial charge in [-0.15, -0.1) is 0 Å². The second-order valence-corrected chi connectivity index (χ2v) is 6.25. The lowest BCUT2D eigenvalue weighted by molar-refractivity contribution is 0.0774. The number of nitrogens with one attached hydrogen (secondary N) is 1. The Morgan fingerprint density at radius 3 is 3.00 bits per heavy atom. The van der Waals surface area contributed by atoms with E-state index in [1.165, 1.54) is 12.8 Å². The lowest BCUT2D eigenvalue weighted by Crippen LogP contribution is -2.44. The summed E-state index contributed by atoms with van der Waals surface area (Å²) in [7, 11) is 1.84. The number of rotatable bonds is 3. The zero-order valence-corrected chi connectivity index (χ0v) is 13.3. The van der Waals surface area contributed by atoms with Crippen LogP contribution in [0, 0.1) is 0 Å². The summed E-state index contributed by atoms with van der Waals surface area (Å²) in [6, 6.07) is 5.69. The topological polar surface area (TPSA) is 32.3 Å². The van der Waals surface area contributed by atoms with Crippen molar-refractivity contribution in [2.45, 2.75) is 25.3 Å². The summed E-state index contributed by atoms with van der Waals surface area (Å²) in [6.07, 6.45) is 3.60. The molecule has 0 saturated carbocycles. The summed E-state index contributed by atoms with van der Waals surface area (Å²) < 4.78 is 0.783. The van der Waals surface area contributed by atoms with Gasteiger partial charge in [-0.05, 0) is 53.5 Å². The second kappa shape index (κ2) is 6.73. The second-order valence-electron chi connectivity index (χ2n) is 4.96. The van der Waals surface area contributed by atoms with E-state index >= 15 is 0 Å². The van der Waals surface area contributed by atoms with Crippen LogP contribution in [0.4, 0.5) is 0 Å². The number of hydrogen-bond acceptors (Lipinski definition) is 2. The average Bonchev–Trinajstić information content (AvgIpc) is 2.42. The molecule has 1 saturated heterocycles. The van der Waals surface area contributed by atoms with Gasteiger partial charge in [0.25, 0.3) is 5.91 Å². The summed E-state index contributed by atoms with van der Waals surface area (Å²) in [4.78, 5) is 14.2. The molecule has 3 nitrogen and oxygen atoms in total. The van der Waals surface area contributed by atoms with Gasteiger partial charge in [-0.25, -0.2) is 0 Å². The third kappa shape index (κ3) is 3.94. The Morgan fingerprint density at radius 2 is 2.32 bits per heavy atom. The lowest BCUT2D eigenvalue weighted by atomic mass is 10.0. The van der Waals surface area contributed by atoms with Gasteiger partial charge in [0.1, 0.15) is 0 Å². The molecule has 0 aromatic heterocycles. The van der Waals surface area contributed by atoms with Gasteiger partial charge < -0.3 is 10.2 Å². The summed E-state index contributed by atoms with van der Waals surface area (Å²) in [5.74, 6) is 0.00162. The number of piperidine rings is 1. The van der Waals surface area contributed by atoms with Gasteiger partial charge in [0.2, 0.25) is 0 Å². The molecule has 0 bridgehead atoms. The fourth-order valence-corrected chi connectivity index (χ4v) is 2.95. The number of carbonyl (C=O) groups is 1. The first-order valence-electron chi connectivity index (χ1n) is 6.52.